The maximum atomic E-state index is 5.62. The summed E-state index contributed by atoms with van der Waals surface area (Å²) in [6.45, 7) is 12.8. The van der Waals surface area contributed by atoms with E-state index in [0.717, 1.165) is 45.1 Å². The highest BCUT2D eigenvalue weighted by atomic mass is 16.5. The predicted molar refractivity (Wildman–Crippen MR) is 79.8 cm³/mol. The fourth-order valence-electron chi connectivity index (χ4n) is 2.62. The Kier molecular flexibility index (Phi) is 5.23. The minimum absolute atomic E-state index is 0.540. The van der Waals surface area contributed by atoms with Gasteiger partial charge >= 0.3 is 0 Å². The number of hydrogen-bond acceptors (Lipinski definition) is 3. The Hall–Kier alpha value is -1.06. The molecule has 19 heavy (non-hydrogen) atoms. The third-order valence-electron chi connectivity index (χ3n) is 3.65. The molecule has 106 valence electrons. The van der Waals surface area contributed by atoms with Crippen LogP contribution in [-0.4, -0.2) is 37.7 Å². The number of nitrogens with zero attached hydrogens (tertiary/aromatic N) is 1. The number of piperazine rings is 1. The molecule has 3 heteroatoms. The normalized spacial score (nSPS) is 16.8. The molecule has 1 N–H and O–H groups in total. The molecule has 0 spiro atoms. The van der Waals surface area contributed by atoms with Gasteiger partial charge in [0.25, 0.3) is 0 Å². The maximum Gasteiger partial charge on any atom is 0.119 e. The van der Waals surface area contributed by atoms with Crippen LogP contribution in [0, 0.1) is 0 Å². The number of nitrogens with one attached hydrogen (secondary N) is 1. The Bertz CT molecular complexity index is 398. The Morgan fingerprint density at radius 1 is 1.26 bits per heavy atom. The largest absolute Gasteiger partial charge is 0.494 e. The van der Waals surface area contributed by atoms with Gasteiger partial charge in [-0.05, 0) is 36.1 Å². The summed E-state index contributed by atoms with van der Waals surface area (Å²) in [6, 6.07) is 6.56. The van der Waals surface area contributed by atoms with Crippen molar-refractivity contribution in [2.75, 3.05) is 32.8 Å². The number of ether oxygens (including phenoxy) is 1. The smallest absolute Gasteiger partial charge is 0.119 e. The van der Waals surface area contributed by atoms with Crippen molar-refractivity contribution in [2.24, 2.45) is 0 Å². The van der Waals surface area contributed by atoms with Crippen LogP contribution in [0.4, 0.5) is 0 Å². The van der Waals surface area contributed by atoms with Crippen molar-refractivity contribution in [3.05, 3.63) is 29.3 Å². The fourth-order valence-corrected chi connectivity index (χ4v) is 2.62. The SMILES string of the molecule is CCOc1ccc(CN2CCNCC2)c(C(C)C)c1. The second kappa shape index (κ2) is 6.92. The second-order valence-corrected chi connectivity index (χ2v) is 5.47. The highest BCUT2D eigenvalue weighted by Gasteiger charge is 2.14. The summed E-state index contributed by atoms with van der Waals surface area (Å²) >= 11 is 0. The zero-order valence-electron chi connectivity index (χ0n) is 12.4. The molecule has 0 bridgehead atoms. The molecule has 1 aromatic rings. The standard InChI is InChI=1S/C16H26N2O/c1-4-19-15-6-5-14(16(11-15)13(2)3)12-18-9-7-17-8-10-18/h5-6,11,13,17H,4,7-10,12H2,1-3H3. The van der Waals surface area contributed by atoms with Crippen molar-refractivity contribution in [3.63, 3.8) is 0 Å². The van der Waals surface area contributed by atoms with Gasteiger partial charge in [0.1, 0.15) is 5.75 Å². The van der Waals surface area contributed by atoms with Crippen molar-refractivity contribution in [3.8, 4) is 5.75 Å². The molecule has 3 nitrogen and oxygen atoms in total. The molecule has 0 amide bonds. The van der Waals surface area contributed by atoms with E-state index in [9.17, 15) is 0 Å². The second-order valence-electron chi connectivity index (χ2n) is 5.47. The fraction of sp³-hybridized carbons (Fsp3) is 0.625. The molecule has 1 heterocycles. The minimum atomic E-state index is 0.540. The highest BCUT2D eigenvalue weighted by molar-refractivity contribution is 5.37. The lowest BCUT2D eigenvalue weighted by Crippen LogP contribution is -2.43. The van der Waals surface area contributed by atoms with E-state index in [4.69, 9.17) is 4.74 Å². The van der Waals surface area contributed by atoms with Crippen LogP contribution in [0.5, 0.6) is 5.75 Å². The highest BCUT2D eigenvalue weighted by Crippen LogP contribution is 2.26. The van der Waals surface area contributed by atoms with E-state index in [1.165, 1.54) is 11.1 Å². The average Bonchev–Trinajstić information content (AvgIpc) is 2.42. The summed E-state index contributed by atoms with van der Waals surface area (Å²) in [5, 5.41) is 3.40. The monoisotopic (exact) mass is 262 g/mol. The van der Waals surface area contributed by atoms with Crippen molar-refractivity contribution >= 4 is 0 Å². The van der Waals surface area contributed by atoms with Gasteiger partial charge in [0, 0.05) is 32.7 Å². The van der Waals surface area contributed by atoms with Crippen LogP contribution in [0.25, 0.3) is 0 Å². The predicted octanol–water partition coefficient (Wildman–Crippen LogP) is 2.61. The molecule has 0 unspecified atom stereocenters. The number of hydrogen-bond donors (Lipinski definition) is 1. The summed E-state index contributed by atoms with van der Waals surface area (Å²) in [5.41, 5.74) is 2.87. The van der Waals surface area contributed by atoms with Crippen molar-refractivity contribution in [2.45, 2.75) is 33.2 Å². The first-order valence-corrected chi connectivity index (χ1v) is 7.39. The van der Waals surface area contributed by atoms with E-state index >= 15 is 0 Å². The average molecular weight is 262 g/mol. The van der Waals surface area contributed by atoms with Crippen LogP contribution < -0.4 is 10.1 Å². The summed E-state index contributed by atoms with van der Waals surface area (Å²) in [6.07, 6.45) is 0. The Morgan fingerprint density at radius 2 is 2.00 bits per heavy atom. The summed E-state index contributed by atoms with van der Waals surface area (Å²) in [5.74, 6) is 1.54. The van der Waals surface area contributed by atoms with E-state index in [1.54, 1.807) is 0 Å². The van der Waals surface area contributed by atoms with Crippen LogP contribution in [0.3, 0.4) is 0 Å². The molecule has 1 saturated heterocycles. The van der Waals surface area contributed by atoms with Crippen LogP contribution in [0.2, 0.25) is 0 Å². The Morgan fingerprint density at radius 3 is 2.63 bits per heavy atom. The molecule has 1 aliphatic rings. The topological polar surface area (TPSA) is 24.5 Å². The van der Waals surface area contributed by atoms with E-state index < -0.39 is 0 Å². The van der Waals surface area contributed by atoms with E-state index in [2.05, 4.69) is 42.3 Å². The lowest BCUT2D eigenvalue weighted by molar-refractivity contribution is 0.232. The van der Waals surface area contributed by atoms with E-state index in [0.29, 0.717) is 5.92 Å². The van der Waals surface area contributed by atoms with Gasteiger partial charge in [-0.25, -0.2) is 0 Å². The van der Waals surface area contributed by atoms with Gasteiger partial charge in [0.2, 0.25) is 0 Å². The van der Waals surface area contributed by atoms with Crippen molar-refractivity contribution in [1.82, 2.24) is 10.2 Å². The minimum Gasteiger partial charge on any atom is -0.494 e. The van der Waals surface area contributed by atoms with Crippen molar-refractivity contribution < 1.29 is 4.74 Å². The molecule has 0 radical (unpaired) electrons. The first kappa shape index (κ1) is 14.4. The third kappa shape index (κ3) is 3.95. The van der Waals surface area contributed by atoms with Crippen LogP contribution >= 0.6 is 0 Å². The van der Waals surface area contributed by atoms with Crippen LogP contribution in [-0.2, 0) is 6.54 Å². The van der Waals surface area contributed by atoms with Crippen molar-refractivity contribution in [1.29, 1.82) is 0 Å². The Labute approximate surface area is 116 Å². The summed E-state index contributed by atoms with van der Waals surface area (Å²) in [7, 11) is 0. The molecule has 0 aromatic heterocycles. The van der Waals surface area contributed by atoms with Gasteiger partial charge in [0.05, 0.1) is 6.61 Å². The van der Waals surface area contributed by atoms with Gasteiger partial charge in [-0.3, -0.25) is 4.90 Å². The zero-order chi connectivity index (χ0) is 13.7. The molecule has 1 aliphatic heterocycles. The number of benzene rings is 1. The van der Waals surface area contributed by atoms with Crippen LogP contribution in [0.15, 0.2) is 18.2 Å². The first-order valence-electron chi connectivity index (χ1n) is 7.39. The summed E-state index contributed by atoms with van der Waals surface area (Å²) < 4.78 is 5.62. The van der Waals surface area contributed by atoms with Crippen LogP contribution in [0.1, 0.15) is 37.8 Å². The molecular formula is C16H26N2O. The lowest BCUT2D eigenvalue weighted by Gasteiger charge is -2.28. The van der Waals surface area contributed by atoms with E-state index in [1.807, 2.05) is 6.92 Å². The maximum absolute atomic E-state index is 5.62. The molecule has 0 atom stereocenters. The van der Waals surface area contributed by atoms with Gasteiger partial charge in [-0.15, -0.1) is 0 Å². The van der Waals surface area contributed by atoms with Gasteiger partial charge in [0.15, 0.2) is 0 Å². The molecule has 1 aromatic carbocycles. The zero-order valence-corrected chi connectivity index (χ0v) is 12.4. The summed E-state index contributed by atoms with van der Waals surface area (Å²) in [4.78, 5) is 2.53. The van der Waals surface area contributed by atoms with E-state index in [-0.39, 0.29) is 0 Å². The molecule has 2 rings (SSSR count). The molecular weight excluding hydrogens is 236 g/mol. The first-order chi connectivity index (χ1) is 9.20. The number of rotatable bonds is 5. The Balaban J connectivity index is 2.13. The quantitative estimate of drug-likeness (QED) is 0.883. The van der Waals surface area contributed by atoms with Gasteiger partial charge in [-0.2, -0.15) is 0 Å². The molecule has 1 fully saturated rings. The lowest BCUT2D eigenvalue weighted by atomic mass is 9.96. The van der Waals surface area contributed by atoms with Gasteiger partial charge < -0.3 is 10.1 Å². The molecule has 0 aliphatic carbocycles. The van der Waals surface area contributed by atoms with Gasteiger partial charge in [-0.1, -0.05) is 19.9 Å². The molecule has 0 saturated carbocycles. The third-order valence-corrected chi connectivity index (χ3v) is 3.65.